The maximum atomic E-state index is 12.6. The number of likely N-dealkylation sites (tertiary alicyclic amines) is 1. The second kappa shape index (κ2) is 10.8. The van der Waals surface area contributed by atoms with Gasteiger partial charge in [-0.1, -0.05) is 37.3 Å². The second-order valence-electron chi connectivity index (χ2n) is 8.13. The lowest BCUT2D eigenvalue weighted by Crippen LogP contribution is -2.41. The van der Waals surface area contributed by atoms with Gasteiger partial charge >= 0.3 is 0 Å². The van der Waals surface area contributed by atoms with E-state index in [2.05, 4.69) is 29.0 Å². The minimum atomic E-state index is -3.52. The summed E-state index contributed by atoms with van der Waals surface area (Å²) in [6, 6.07) is 15.2. The number of sulfonamides is 1. The molecule has 6 nitrogen and oxygen atoms in total. The van der Waals surface area contributed by atoms with E-state index in [-0.39, 0.29) is 17.4 Å². The average molecular weight is 445 g/mol. The van der Waals surface area contributed by atoms with Crippen LogP contribution in [0.4, 0.5) is 0 Å². The highest BCUT2D eigenvalue weighted by atomic mass is 32.2. The van der Waals surface area contributed by atoms with Crippen LogP contribution in [0.5, 0.6) is 5.75 Å². The van der Waals surface area contributed by atoms with E-state index in [1.165, 1.54) is 11.6 Å². The van der Waals surface area contributed by atoms with Gasteiger partial charge in [-0.15, -0.1) is 0 Å². The zero-order chi connectivity index (χ0) is 22.3. The first-order chi connectivity index (χ1) is 14.9. The molecule has 1 N–H and O–H groups in total. The minimum Gasteiger partial charge on any atom is -0.483 e. The van der Waals surface area contributed by atoms with Gasteiger partial charge < -0.3 is 9.64 Å². The first-order valence-electron chi connectivity index (χ1n) is 10.9. The van der Waals surface area contributed by atoms with Crippen LogP contribution in [0.15, 0.2) is 53.4 Å². The monoisotopic (exact) mass is 444 g/mol. The van der Waals surface area contributed by atoms with Gasteiger partial charge in [-0.2, -0.15) is 0 Å². The zero-order valence-corrected chi connectivity index (χ0v) is 19.2. The smallest absolute Gasteiger partial charge is 0.260 e. The molecule has 3 rings (SSSR count). The van der Waals surface area contributed by atoms with E-state index >= 15 is 0 Å². The van der Waals surface area contributed by atoms with E-state index in [1.807, 2.05) is 17.9 Å². The Bertz CT molecular complexity index is 968. The fourth-order valence-electron chi connectivity index (χ4n) is 3.84. The van der Waals surface area contributed by atoms with Crippen molar-refractivity contribution in [3.63, 3.8) is 0 Å². The van der Waals surface area contributed by atoms with Gasteiger partial charge in [-0.3, -0.25) is 4.79 Å². The Morgan fingerprint density at radius 1 is 1.13 bits per heavy atom. The molecule has 0 bridgehead atoms. The molecule has 0 saturated carbocycles. The molecule has 0 spiro atoms. The molecule has 0 atom stereocenters. The van der Waals surface area contributed by atoms with Gasteiger partial charge in [0, 0.05) is 19.6 Å². The van der Waals surface area contributed by atoms with Gasteiger partial charge in [0.1, 0.15) is 5.75 Å². The number of nitrogens with one attached hydrogen (secondary N) is 1. The molecule has 1 heterocycles. The van der Waals surface area contributed by atoms with Crippen LogP contribution in [0.1, 0.15) is 37.3 Å². The number of aryl methyl sites for hydroxylation is 1. The molecule has 168 valence electrons. The summed E-state index contributed by atoms with van der Waals surface area (Å²) in [5.41, 5.74) is 2.04. The molecule has 1 amide bonds. The molecular formula is C24H32N2O4S. The first-order valence-corrected chi connectivity index (χ1v) is 12.4. The Balaban J connectivity index is 1.48. The number of ether oxygens (including phenoxy) is 1. The van der Waals surface area contributed by atoms with E-state index < -0.39 is 10.0 Å². The number of carbonyl (C=O) groups is 1. The summed E-state index contributed by atoms with van der Waals surface area (Å²) in [5, 5.41) is 0. The Morgan fingerprint density at radius 3 is 2.48 bits per heavy atom. The van der Waals surface area contributed by atoms with Gasteiger partial charge in [0.15, 0.2) is 6.61 Å². The summed E-state index contributed by atoms with van der Waals surface area (Å²) < 4.78 is 32.8. The van der Waals surface area contributed by atoms with E-state index in [9.17, 15) is 13.2 Å². The molecule has 1 aliphatic rings. The molecule has 1 aliphatic heterocycles. The van der Waals surface area contributed by atoms with Crippen LogP contribution in [-0.2, 0) is 21.2 Å². The molecule has 7 heteroatoms. The molecule has 31 heavy (non-hydrogen) atoms. The summed E-state index contributed by atoms with van der Waals surface area (Å²) >= 11 is 0. The fourth-order valence-corrected chi connectivity index (χ4v) is 5.05. The van der Waals surface area contributed by atoms with Gasteiger partial charge in [-0.05, 0) is 67.9 Å². The van der Waals surface area contributed by atoms with Crippen LogP contribution in [0.3, 0.4) is 0 Å². The number of hydrogen-bond donors (Lipinski definition) is 1. The third-order valence-electron chi connectivity index (χ3n) is 5.68. The van der Waals surface area contributed by atoms with Crippen molar-refractivity contribution in [2.45, 2.75) is 44.4 Å². The zero-order valence-electron chi connectivity index (χ0n) is 18.3. The summed E-state index contributed by atoms with van der Waals surface area (Å²) in [6.07, 6.45) is 3.78. The topological polar surface area (TPSA) is 75.7 Å². The van der Waals surface area contributed by atoms with E-state index in [0.717, 1.165) is 38.8 Å². The van der Waals surface area contributed by atoms with E-state index in [0.29, 0.717) is 23.8 Å². The van der Waals surface area contributed by atoms with Crippen LogP contribution in [0.25, 0.3) is 0 Å². The van der Waals surface area contributed by atoms with Crippen LogP contribution >= 0.6 is 0 Å². The predicted octanol–water partition coefficient (Wildman–Crippen LogP) is 3.54. The highest BCUT2D eigenvalue weighted by Crippen LogP contribution is 2.24. The SMILES string of the molecule is CCCNS(=O)(=O)c1ccc(OCC(=O)N2CCC(Cc3ccccc3)CC2)c(C)c1. The van der Waals surface area contributed by atoms with Crippen LogP contribution < -0.4 is 9.46 Å². The molecular weight excluding hydrogens is 412 g/mol. The highest BCUT2D eigenvalue weighted by molar-refractivity contribution is 7.89. The number of hydrogen-bond acceptors (Lipinski definition) is 4. The Kier molecular flexibility index (Phi) is 8.09. The third-order valence-corrected chi connectivity index (χ3v) is 7.14. The largest absolute Gasteiger partial charge is 0.483 e. The molecule has 1 saturated heterocycles. The summed E-state index contributed by atoms with van der Waals surface area (Å²) in [7, 11) is -3.52. The van der Waals surface area contributed by atoms with Crippen LogP contribution in [0, 0.1) is 12.8 Å². The van der Waals surface area contributed by atoms with Crippen LogP contribution in [-0.4, -0.2) is 45.5 Å². The molecule has 2 aromatic rings. The average Bonchev–Trinajstić information content (AvgIpc) is 2.78. The standard InChI is InChI=1S/C24H32N2O4S/c1-3-13-25-31(28,29)22-9-10-23(19(2)16-22)30-18-24(27)26-14-11-21(12-15-26)17-20-7-5-4-6-8-20/h4-10,16,21,25H,3,11-15,17-18H2,1-2H3. The lowest BCUT2D eigenvalue weighted by Gasteiger charge is -2.32. The van der Waals surface area contributed by atoms with Gasteiger partial charge in [0.25, 0.3) is 5.91 Å². The Morgan fingerprint density at radius 2 is 1.84 bits per heavy atom. The van der Waals surface area contributed by atoms with Crippen molar-refractivity contribution >= 4 is 15.9 Å². The highest BCUT2D eigenvalue weighted by Gasteiger charge is 2.23. The number of piperidine rings is 1. The fraction of sp³-hybridized carbons (Fsp3) is 0.458. The number of nitrogens with zero attached hydrogens (tertiary/aromatic N) is 1. The second-order valence-corrected chi connectivity index (χ2v) is 9.89. The van der Waals surface area contributed by atoms with E-state index in [1.54, 1.807) is 19.1 Å². The molecule has 2 aromatic carbocycles. The van der Waals surface area contributed by atoms with Crippen molar-refractivity contribution < 1.29 is 17.9 Å². The lowest BCUT2D eigenvalue weighted by atomic mass is 9.90. The van der Waals surface area contributed by atoms with Crippen molar-refractivity contribution in [1.82, 2.24) is 9.62 Å². The maximum Gasteiger partial charge on any atom is 0.260 e. The Hall–Kier alpha value is -2.38. The quantitative estimate of drug-likeness (QED) is 0.642. The number of carbonyl (C=O) groups excluding carboxylic acids is 1. The lowest BCUT2D eigenvalue weighted by molar-refractivity contribution is -0.134. The maximum absolute atomic E-state index is 12.6. The minimum absolute atomic E-state index is 0.0288. The van der Waals surface area contributed by atoms with E-state index in [4.69, 9.17) is 4.74 Å². The molecule has 0 unspecified atom stereocenters. The van der Waals surface area contributed by atoms with Gasteiger partial charge in [-0.25, -0.2) is 13.1 Å². The van der Waals surface area contributed by atoms with Crippen molar-refractivity contribution in [3.05, 3.63) is 59.7 Å². The van der Waals surface area contributed by atoms with Gasteiger partial charge in [0.2, 0.25) is 10.0 Å². The van der Waals surface area contributed by atoms with Crippen molar-refractivity contribution in [1.29, 1.82) is 0 Å². The van der Waals surface area contributed by atoms with Gasteiger partial charge in [0.05, 0.1) is 4.90 Å². The molecule has 0 radical (unpaired) electrons. The van der Waals surface area contributed by atoms with Crippen molar-refractivity contribution in [3.8, 4) is 5.75 Å². The summed E-state index contributed by atoms with van der Waals surface area (Å²) in [4.78, 5) is 14.7. The molecule has 1 fully saturated rings. The number of benzene rings is 2. The predicted molar refractivity (Wildman–Crippen MR) is 122 cm³/mol. The molecule has 0 aromatic heterocycles. The number of rotatable bonds is 9. The normalized spacial score (nSPS) is 15.1. The first kappa shape index (κ1) is 23.3. The molecule has 0 aliphatic carbocycles. The van der Waals surface area contributed by atoms with Crippen molar-refractivity contribution in [2.75, 3.05) is 26.2 Å². The Labute approximate surface area is 185 Å². The third kappa shape index (κ3) is 6.55. The van der Waals surface area contributed by atoms with Crippen LogP contribution in [0.2, 0.25) is 0 Å². The van der Waals surface area contributed by atoms with Crippen molar-refractivity contribution in [2.24, 2.45) is 5.92 Å². The number of amides is 1. The summed E-state index contributed by atoms with van der Waals surface area (Å²) in [5.74, 6) is 1.10. The summed E-state index contributed by atoms with van der Waals surface area (Å²) in [6.45, 7) is 5.56.